The number of amides is 2. The minimum atomic E-state index is -0.276. The summed E-state index contributed by atoms with van der Waals surface area (Å²) < 4.78 is 0. The summed E-state index contributed by atoms with van der Waals surface area (Å²) in [5, 5.41) is 13.0. The van der Waals surface area contributed by atoms with Gasteiger partial charge < -0.3 is 15.3 Å². The maximum atomic E-state index is 13.4. The molecule has 2 N–H and O–H groups in total. The predicted octanol–water partition coefficient (Wildman–Crippen LogP) is 5.70. The summed E-state index contributed by atoms with van der Waals surface area (Å²) in [6.07, 6.45) is 2.01. The molecule has 36 heavy (non-hydrogen) atoms. The first-order valence-electron chi connectivity index (χ1n) is 11.6. The number of hydrogen-bond acceptors (Lipinski definition) is 5. The highest BCUT2D eigenvalue weighted by molar-refractivity contribution is 6.13. The summed E-state index contributed by atoms with van der Waals surface area (Å²) in [5.41, 5.74) is 5.63. The molecule has 2 heterocycles. The number of nitrogens with one attached hydrogen (secondary N) is 1. The van der Waals surface area contributed by atoms with Gasteiger partial charge in [0.05, 0.1) is 28.2 Å². The first-order chi connectivity index (χ1) is 17.2. The van der Waals surface area contributed by atoms with Crippen LogP contribution in [0.3, 0.4) is 0 Å². The van der Waals surface area contributed by atoms with Gasteiger partial charge in [-0.25, -0.2) is 4.98 Å². The second-order valence-corrected chi connectivity index (χ2v) is 8.82. The van der Waals surface area contributed by atoms with Crippen LogP contribution in [0.1, 0.15) is 38.3 Å². The van der Waals surface area contributed by atoms with E-state index in [0.29, 0.717) is 41.2 Å². The van der Waals surface area contributed by atoms with Crippen molar-refractivity contribution in [2.24, 2.45) is 0 Å². The van der Waals surface area contributed by atoms with Crippen molar-refractivity contribution in [2.75, 3.05) is 18.9 Å². The van der Waals surface area contributed by atoms with Gasteiger partial charge in [-0.05, 0) is 67.9 Å². The summed E-state index contributed by atoms with van der Waals surface area (Å²) in [6.45, 7) is 7.78. The fourth-order valence-electron chi connectivity index (χ4n) is 4.03. The first-order valence-corrected chi connectivity index (χ1v) is 11.6. The van der Waals surface area contributed by atoms with E-state index in [1.807, 2.05) is 44.2 Å². The van der Waals surface area contributed by atoms with E-state index in [1.54, 1.807) is 43.6 Å². The quantitative estimate of drug-likeness (QED) is 0.331. The standard InChI is InChI=1S/C29H28N4O3/c1-18-15-19(2)27-23(16-18)24(17-26(32-27)25-7-5-6-13-30-25)28(35)31-22-10-8-21(9-11-22)29(36)33(4)14-12-20(3)34/h5-11,13,15-17,34H,3,12,14H2,1-2,4H3,(H,31,35). The minimum absolute atomic E-state index is 0.0351. The van der Waals surface area contributed by atoms with Crippen molar-refractivity contribution in [3.8, 4) is 11.4 Å². The van der Waals surface area contributed by atoms with Crippen LogP contribution in [0.2, 0.25) is 0 Å². The number of nitrogens with zero attached hydrogens (tertiary/aromatic N) is 3. The normalized spacial score (nSPS) is 10.8. The SMILES string of the molecule is C=C(O)CCN(C)C(=O)c1ccc(NC(=O)c2cc(-c3ccccn3)nc3c(C)cc(C)cc23)cc1. The van der Waals surface area contributed by atoms with Gasteiger partial charge in [0.2, 0.25) is 0 Å². The number of hydrogen-bond donors (Lipinski definition) is 2. The van der Waals surface area contributed by atoms with Crippen LogP contribution in [0.15, 0.2) is 79.2 Å². The molecule has 0 spiro atoms. The molecule has 0 aliphatic heterocycles. The lowest BCUT2D eigenvalue weighted by molar-refractivity contribution is 0.0793. The van der Waals surface area contributed by atoms with Crippen LogP contribution in [-0.2, 0) is 0 Å². The molecule has 0 unspecified atom stereocenters. The Morgan fingerprint density at radius 1 is 1.03 bits per heavy atom. The van der Waals surface area contributed by atoms with Gasteiger partial charge in [-0.15, -0.1) is 0 Å². The average molecular weight is 481 g/mol. The maximum Gasteiger partial charge on any atom is 0.256 e. The Labute approximate surface area is 210 Å². The molecule has 0 aliphatic carbocycles. The second kappa shape index (κ2) is 10.4. The Morgan fingerprint density at radius 2 is 1.78 bits per heavy atom. The largest absolute Gasteiger partial charge is 0.513 e. The lowest BCUT2D eigenvalue weighted by Gasteiger charge is -2.17. The van der Waals surface area contributed by atoms with Crippen LogP contribution >= 0.6 is 0 Å². The number of aromatic nitrogens is 2. The molecule has 0 bridgehead atoms. The molecule has 0 saturated heterocycles. The maximum absolute atomic E-state index is 13.4. The van der Waals surface area contributed by atoms with Crippen LogP contribution in [0.4, 0.5) is 5.69 Å². The molecule has 4 aromatic rings. The third kappa shape index (κ3) is 5.41. The summed E-state index contributed by atoms with van der Waals surface area (Å²) in [5.74, 6) is -0.421. The highest BCUT2D eigenvalue weighted by Crippen LogP contribution is 2.28. The summed E-state index contributed by atoms with van der Waals surface area (Å²) in [6, 6.07) is 18.1. The number of aliphatic hydroxyl groups excluding tert-OH is 1. The van der Waals surface area contributed by atoms with Gasteiger partial charge in [-0.1, -0.05) is 24.3 Å². The number of carbonyl (C=O) groups excluding carboxylic acids is 2. The van der Waals surface area contributed by atoms with E-state index >= 15 is 0 Å². The summed E-state index contributed by atoms with van der Waals surface area (Å²) in [7, 11) is 1.67. The molecule has 0 aliphatic rings. The fraction of sp³-hybridized carbons (Fsp3) is 0.172. The van der Waals surface area contributed by atoms with Crippen LogP contribution in [0, 0.1) is 13.8 Å². The van der Waals surface area contributed by atoms with Crippen molar-refractivity contribution >= 4 is 28.4 Å². The number of benzene rings is 2. The van der Waals surface area contributed by atoms with Crippen molar-refractivity contribution in [3.63, 3.8) is 0 Å². The van der Waals surface area contributed by atoms with Gasteiger partial charge in [0.1, 0.15) is 0 Å². The molecule has 0 fully saturated rings. The molecular weight excluding hydrogens is 452 g/mol. The Morgan fingerprint density at radius 3 is 2.44 bits per heavy atom. The molecule has 0 saturated carbocycles. The number of anilines is 1. The van der Waals surface area contributed by atoms with Crippen LogP contribution in [-0.4, -0.2) is 45.4 Å². The van der Waals surface area contributed by atoms with E-state index in [9.17, 15) is 14.7 Å². The lowest BCUT2D eigenvalue weighted by atomic mass is 10.00. The summed E-state index contributed by atoms with van der Waals surface area (Å²) in [4.78, 5) is 36.8. The second-order valence-electron chi connectivity index (χ2n) is 8.82. The number of aryl methyl sites for hydroxylation is 2. The Bertz CT molecular complexity index is 1450. The number of fused-ring (bicyclic) bond motifs is 1. The number of carbonyl (C=O) groups is 2. The zero-order valence-corrected chi connectivity index (χ0v) is 20.6. The van der Waals surface area contributed by atoms with Gasteiger partial charge in [-0.2, -0.15) is 0 Å². The van der Waals surface area contributed by atoms with Crippen molar-refractivity contribution in [1.82, 2.24) is 14.9 Å². The van der Waals surface area contributed by atoms with Gasteiger partial charge in [0.15, 0.2) is 0 Å². The van der Waals surface area contributed by atoms with Crippen molar-refractivity contribution < 1.29 is 14.7 Å². The van der Waals surface area contributed by atoms with E-state index in [-0.39, 0.29) is 17.6 Å². The van der Waals surface area contributed by atoms with E-state index in [2.05, 4.69) is 16.9 Å². The van der Waals surface area contributed by atoms with Gasteiger partial charge in [0, 0.05) is 42.8 Å². The Hall–Kier alpha value is -4.52. The van der Waals surface area contributed by atoms with E-state index in [1.165, 1.54) is 4.90 Å². The van der Waals surface area contributed by atoms with Gasteiger partial charge in [0.25, 0.3) is 11.8 Å². The number of rotatable bonds is 7. The molecule has 0 radical (unpaired) electrons. The van der Waals surface area contributed by atoms with E-state index < -0.39 is 0 Å². The molecule has 7 heteroatoms. The monoisotopic (exact) mass is 480 g/mol. The van der Waals surface area contributed by atoms with Crippen LogP contribution < -0.4 is 5.32 Å². The zero-order valence-electron chi connectivity index (χ0n) is 20.6. The predicted molar refractivity (Wildman–Crippen MR) is 142 cm³/mol. The molecule has 7 nitrogen and oxygen atoms in total. The average Bonchev–Trinajstić information content (AvgIpc) is 2.87. The van der Waals surface area contributed by atoms with Crippen molar-refractivity contribution in [2.45, 2.75) is 20.3 Å². The molecule has 2 aromatic carbocycles. The molecule has 2 amide bonds. The van der Waals surface area contributed by atoms with E-state index in [0.717, 1.165) is 22.0 Å². The Kier molecular flexibility index (Phi) is 7.10. The molecule has 182 valence electrons. The van der Waals surface area contributed by atoms with Crippen LogP contribution in [0.25, 0.3) is 22.3 Å². The van der Waals surface area contributed by atoms with Gasteiger partial charge >= 0.3 is 0 Å². The third-order valence-electron chi connectivity index (χ3n) is 5.89. The lowest BCUT2D eigenvalue weighted by Crippen LogP contribution is -2.27. The highest BCUT2D eigenvalue weighted by Gasteiger charge is 2.17. The molecule has 2 aromatic heterocycles. The van der Waals surface area contributed by atoms with Crippen molar-refractivity contribution in [1.29, 1.82) is 0 Å². The number of aliphatic hydroxyl groups is 1. The fourth-order valence-corrected chi connectivity index (χ4v) is 4.03. The van der Waals surface area contributed by atoms with Crippen molar-refractivity contribution in [3.05, 3.63) is 101 Å². The molecular formula is C29H28N4O3. The van der Waals surface area contributed by atoms with E-state index in [4.69, 9.17) is 4.98 Å². The smallest absolute Gasteiger partial charge is 0.256 e. The molecule has 0 atom stereocenters. The Balaban J connectivity index is 1.63. The third-order valence-corrected chi connectivity index (χ3v) is 5.89. The first kappa shape index (κ1) is 24.6. The number of pyridine rings is 2. The highest BCUT2D eigenvalue weighted by atomic mass is 16.3. The summed E-state index contributed by atoms with van der Waals surface area (Å²) >= 11 is 0. The zero-order chi connectivity index (χ0) is 25.8. The van der Waals surface area contributed by atoms with Crippen LogP contribution in [0.5, 0.6) is 0 Å². The topological polar surface area (TPSA) is 95.4 Å². The molecule has 4 rings (SSSR count). The van der Waals surface area contributed by atoms with Gasteiger partial charge in [-0.3, -0.25) is 14.6 Å². The minimum Gasteiger partial charge on any atom is -0.513 e.